The number of halogens is 1. The Kier molecular flexibility index (Phi) is 4.49. The summed E-state index contributed by atoms with van der Waals surface area (Å²) in [5.74, 6) is 0. The number of pyridine rings is 1. The lowest BCUT2D eigenvalue weighted by Crippen LogP contribution is -2.54. The minimum Gasteiger partial charge on any atom is -0.326 e. The van der Waals surface area contributed by atoms with Crippen LogP contribution in [0.15, 0.2) is 22.0 Å². The summed E-state index contributed by atoms with van der Waals surface area (Å²) in [4.78, 5) is 15.8. The van der Waals surface area contributed by atoms with Crippen molar-refractivity contribution in [1.29, 1.82) is 0 Å². The van der Waals surface area contributed by atoms with Gasteiger partial charge in [-0.05, 0) is 26.8 Å². The van der Waals surface area contributed by atoms with Crippen LogP contribution >= 0.6 is 11.6 Å². The van der Waals surface area contributed by atoms with Gasteiger partial charge in [-0.3, -0.25) is 9.69 Å². The van der Waals surface area contributed by atoms with Gasteiger partial charge in [-0.2, -0.15) is 4.31 Å². The third-order valence-corrected chi connectivity index (χ3v) is 5.81. The van der Waals surface area contributed by atoms with Crippen molar-refractivity contribution in [3.63, 3.8) is 0 Å². The molecule has 1 aromatic heterocycles. The van der Waals surface area contributed by atoms with Crippen LogP contribution in [0.4, 0.5) is 0 Å². The lowest BCUT2D eigenvalue weighted by molar-refractivity contribution is 0.0922. The number of aromatic amines is 1. The van der Waals surface area contributed by atoms with Gasteiger partial charge in [0.1, 0.15) is 5.02 Å². The average Bonchev–Trinajstić information content (AvgIpc) is 2.41. The Hall–Kier alpha value is -0.890. The van der Waals surface area contributed by atoms with E-state index in [0.717, 1.165) is 0 Å². The average molecular weight is 334 g/mol. The van der Waals surface area contributed by atoms with Gasteiger partial charge in [0, 0.05) is 37.9 Å². The molecule has 8 heteroatoms. The van der Waals surface area contributed by atoms with Gasteiger partial charge in [0.05, 0.1) is 4.90 Å². The number of hydrogen-bond acceptors (Lipinski definition) is 4. The Balaban J connectivity index is 2.18. The molecule has 1 aliphatic rings. The Bertz CT molecular complexity index is 671. The fourth-order valence-electron chi connectivity index (χ4n) is 2.34. The molecule has 1 aromatic rings. The summed E-state index contributed by atoms with van der Waals surface area (Å²) in [6.07, 6.45) is 1.19. The second kappa shape index (κ2) is 5.72. The molecule has 0 aliphatic carbocycles. The van der Waals surface area contributed by atoms with E-state index in [1.807, 2.05) is 0 Å². The van der Waals surface area contributed by atoms with E-state index in [2.05, 4.69) is 30.7 Å². The number of nitrogens with one attached hydrogen (secondary N) is 1. The fourth-order valence-corrected chi connectivity index (χ4v) is 3.99. The molecule has 0 bridgehead atoms. The highest BCUT2D eigenvalue weighted by atomic mass is 35.5. The molecule has 118 valence electrons. The molecule has 0 spiro atoms. The van der Waals surface area contributed by atoms with Crippen molar-refractivity contribution in [1.82, 2.24) is 14.2 Å². The topological polar surface area (TPSA) is 73.5 Å². The number of rotatable bonds is 2. The molecular weight excluding hydrogens is 314 g/mol. The number of aromatic nitrogens is 1. The second-order valence-corrected chi connectivity index (χ2v) is 8.42. The number of sulfonamides is 1. The van der Waals surface area contributed by atoms with Gasteiger partial charge in [-0.25, -0.2) is 8.42 Å². The standard InChI is InChI=1S/C13H20ClN3O3S/c1-13(2,3)16-4-6-17(7-5-16)21(19,20)10-8-11(14)12(18)15-9-10/h8-9H,4-7H2,1-3H3,(H,15,18). The number of nitrogens with zero attached hydrogens (tertiary/aromatic N) is 2. The third-order valence-electron chi connectivity index (χ3n) is 3.66. The van der Waals surface area contributed by atoms with Gasteiger partial charge in [-0.15, -0.1) is 0 Å². The van der Waals surface area contributed by atoms with Crippen LogP contribution in [0.25, 0.3) is 0 Å². The van der Waals surface area contributed by atoms with E-state index in [0.29, 0.717) is 26.2 Å². The van der Waals surface area contributed by atoms with Gasteiger partial charge < -0.3 is 4.98 Å². The number of hydrogen-bond donors (Lipinski definition) is 1. The molecule has 1 fully saturated rings. The normalized spacial score (nSPS) is 18.9. The van der Waals surface area contributed by atoms with Crippen molar-refractivity contribution in [2.75, 3.05) is 26.2 Å². The monoisotopic (exact) mass is 333 g/mol. The minimum absolute atomic E-state index is 0.0244. The van der Waals surface area contributed by atoms with Crippen molar-refractivity contribution in [3.05, 3.63) is 27.6 Å². The van der Waals surface area contributed by atoms with Crippen LogP contribution in [0.5, 0.6) is 0 Å². The van der Waals surface area contributed by atoms with E-state index in [-0.39, 0.29) is 15.5 Å². The Morgan fingerprint density at radius 2 is 1.76 bits per heavy atom. The molecule has 6 nitrogen and oxygen atoms in total. The predicted octanol–water partition coefficient (Wildman–Crippen LogP) is 1.13. The fraction of sp³-hybridized carbons (Fsp3) is 0.615. The number of H-pyrrole nitrogens is 1. The van der Waals surface area contributed by atoms with Crippen LogP contribution in [0, 0.1) is 0 Å². The molecule has 0 amide bonds. The Labute approximate surface area is 129 Å². The zero-order chi connectivity index (χ0) is 15.8. The van der Waals surface area contributed by atoms with Gasteiger partial charge in [0.2, 0.25) is 10.0 Å². The van der Waals surface area contributed by atoms with Crippen LogP contribution in [0.2, 0.25) is 5.02 Å². The molecule has 1 saturated heterocycles. The lowest BCUT2D eigenvalue weighted by atomic mass is 10.1. The first kappa shape index (κ1) is 16.5. The molecule has 0 saturated carbocycles. The summed E-state index contributed by atoms with van der Waals surface area (Å²) >= 11 is 5.71. The number of piperazine rings is 1. The van der Waals surface area contributed by atoms with Crippen molar-refractivity contribution < 1.29 is 8.42 Å². The van der Waals surface area contributed by atoms with Crippen molar-refractivity contribution in [3.8, 4) is 0 Å². The first-order valence-electron chi connectivity index (χ1n) is 6.76. The largest absolute Gasteiger partial charge is 0.326 e. The van der Waals surface area contributed by atoms with E-state index in [9.17, 15) is 13.2 Å². The van der Waals surface area contributed by atoms with Gasteiger partial charge in [-0.1, -0.05) is 11.6 Å². The molecule has 0 radical (unpaired) electrons. The SMILES string of the molecule is CC(C)(C)N1CCN(S(=O)(=O)c2c[nH]c(=O)c(Cl)c2)CC1. The van der Waals surface area contributed by atoms with Gasteiger partial charge >= 0.3 is 0 Å². The van der Waals surface area contributed by atoms with Crippen LogP contribution in [0.1, 0.15) is 20.8 Å². The van der Waals surface area contributed by atoms with Crippen molar-refractivity contribution in [2.45, 2.75) is 31.2 Å². The highest BCUT2D eigenvalue weighted by Gasteiger charge is 2.32. The Morgan fingerprint density at radius 1 is 1.19 bits per heavy atom. The quantitative estimate of drug-likeness (QED) is 0.880. The summed E-state index contributed by atoms with van der Waals surface area (Å²) in [5.41, 5.74) is -0.467. The van der Waals surface area contributed by atoms with E-state index in [1.54, 1.807) is 0 Å². The first-order chi connectivity index (χ1) is 9.62. The van der Waals surface area contributed by atoms with E-state index in [4.69, 9.17) is 11.6 Å². The highest BCUT2D eigenvalue weighted by Crippen LogP contribution is 2.21. The van der Waals surface area contributed by atoms with Crippen molar-refractivity contribution >= 4 is 21.6 Å². The molecule has 2 rings (SSSR count). The summed E-state index contributed by atoms with van der Waals surface area (Å²) < 4.78 is 26.5. The van der Waals surface area contributed by atoms with Gasteiger partial charge in [0.15, 0.2) is 0 Å². The third kappa shape index (κ3) is 3.48. The summed E-state index contributed by atoms with van der Waals surface area (Å²) in [5, 5.41) is -0.121. The maximum absolute atomic E-state index is 12.5. The zero-order valence-corrected chi connectivity index (χ0v) is 14.0. The zero-order valence-electron chi connectivity index (χ0n) is 12.4. The lowest BCUT2D eigenvalue weighted by Gasteiger charge is -2.41. The summed E-state index contributed by atoms with van der Waals surface area (Å²) in [6.45, 7) is 8.54. The molecule has 1 aliphatic heterocycles. The highest BCUT2D eigenvalue weighted by molar-refractivity contribution is 7.89. The van der Waals surface area contributed by atoms with Crippen LogP contribution in [-0.4, -0.2) is 54.3 Å². The van der Waals surface area contributed by atoms with E-state index < -0.39 is 15.6 Å². The predicted molar refractivity (Wildman–Crippen MR) is 82.2 cm³/mol. The minimum atomic E-state index is -3.62. The molecule has 0 atom stereocenters. The maximum Gasteiger partial charge on any atom is 0.266 e. The second-order valence-electron chi connectivity index (χ2n) is 6.07. The van der Waals surface area contributed by atoms with E-state index >= 15 is 0 Å². The molecular formula is C13H20ClN3O3S. The van der Waals surface area contributed by atoms with Gasteiger partial charge in [0.25, 0.3) is 5.56 Å². The van der Waals surface area contributed by atoms with Crippen LogP contribution < -0.4 is 5.56 Å². The van der Waals surface area contributed by atoms with Crippen LogP contribution in [0.3, 0.4) is 0 Å². The summed E-state index contributed by atoms with van der Waals surface area (Å²) in [6, 6.07) is 1.20. The van der Waals surface area contributed by atoms with E-state index in [1.165, 1.54) is 16.6 Å². The summed E-state index contributed by atoms with van der Waals surface area (Å²) in [7, 11) is -3.62. The molecule has 0 aromatic carbocycles. The molecule has 21 heavy (non-hydrogen) atoms. The molecule has 1 N–H and O–H groups in total. The maximum atomic E-state index is 12.5. The molecule has 0 unspecified atom stereocenters. The first-order valence-corrected chi connectivity index (χ1v) is 8.57. The smallest absolute Gasteiger partial charge is 0.266 e. The molecule has 2 heterocycles. The van der Waals surface area contributed by atoms with Crippen LogP contribution in [-0.2, 0) is 10.0 Å². The van der Waals surface area contributed by atoms with Crippen molar-refractivity contribution in [2.24, 2.45) is 0 Å². The Morgan fingerprint density at radius 3 is 2.24 bits per heavy atom.